The van der Waals surface area contributed by atoms with E-state index in [9.17, 15) is 9.90 Å². The maximum atomic E-state index is 12.7. The van der Waals surface area contributed by atoms with Crippen LogP contribution in [0.25, 0.3) is 11.0 Å². The Morgan fingerprint density at radius 1 is 1.12 bits per heavy atom. The highest BCUT2D eigenvalue weighted by Crippen LogP contribution is 2.38. The van der Waals surface area contributed by atoms with Crippen molar-refractivity contribution in [2.75, 3.05) is 26.3 Å². The zero-order valence-electron chi connectivity index (χ0n) is 13.0. The lowest BCUT2D eigenvalue weighted by Crippen LogP contribution is -2.40. The Morgan fingerprint density at radius 3 is 2.67 bits per heavy atom. The largest absolute Gasteiger partial charge is 0.507 e. The first-order valence-electron chi connectivity index (χ1n) is 7.85. The summed E-state index contributed by atoms with van der Waals surface area (Å²) in [6, 6.07) is 10.7. The molecule has 3 heterocycles. The predicted molar refractivity (Wildman–Crippen MR) is 92.7 cm³/mol. The van der Waals surface area contributed by atoms with E-state index in [-0.39, 0.29) is 11.8 Å². The Balaban J connectivity index is 1.92. The lowest BCUT2D eigenvalue weighted by molar-refractivity contribution is 0.0236. The molecule has 1 atom stereocenters. The van der Waals surface area contributed by atoms with E-state index < -0.39 is 5.63 Å². The molecule has 1 N–H and O–H groups in total. The number of thiophene rings is 1. The first-order valence-corrected chi connectivity index (χ1v) is 8.73. The Bertz CT molecular complexity index is 897. The number of benzene rings is 1. The van der Waals surface area contributed by atoms with Gasteiger partial charge in [-0.3, -0.25) is 4.90 Å². The first-order chi connectivity index (χ1) is 11.8. The molecule has 1 saturated heterocycles. The molecule has 1 unspecified atom stereocenters. The van der Waals surface area contributed by atoms with Gasteiger partial charge in [0.1, 0.15) is 16.9 Å². The van der Waals surface area contributed by atoms with Crippen LogP contribution in [0, 0.1) is 0 Å². The number of morpholine rings is 1. The fourth-order valence-corrected chi connectivity index (χ4v) is 4.04. The minimum absolute atomic E-state index is 0.00624. The number of ether oxygens (including phenoxy) is 1. The monoisotopic (exact) mass is 343 g/mol. The zero-order chi connectivity index (χ0) is 16.5. The van der Waals surface area contributed by atoms with Crippen LogP contribution in [0.4, 0.5) is 0 Å². The van der Waals surface area contributed by atoms with Gasteiger partial charge in [0.2, 0.25) is 0 Å². The van der Waals surface area contributed by atoms with Gasteiger partial charge in [-0.1, -0.05) is 18.2 Å². The molecule has 0 radical (unpaired) electrons. The van der Waals surface area contributed by atoms with E-state index in [0.717, 1.165) is 4.88 Å². The van der Waals surface area contributed by atoms with Gasteiger partial charge in [-0.2, -0.15) is 0 Å². The standard InChI is InChI=1S/C18H17NO4S/c20-17-12-4-1-2-5-13(12)23-18(21)15(17)16(14-6-3-11-24-14)19-7-9-22-10-8-19/h1-6,11,16,20H,7-10H2. The van der Waals surface area contributed by atoms with Crippen molar-refractivity contribution in [2.24, 2.45) is 0 Å². The van der Waals surface area contributed by atoms with Crippen molar-refractivity contribution in [3.8, 4) is 5.75 Å². The second-order valence-electron chi connectivity index (χ2n) is 5.71. The van der Waals surface area contributed by atoms with Crippen LogP contribution < -0.4 is 5.63 Å². The molecule has 1 aliphatic heterocycles. The Kier molecular flexibility index (Phi) is 4.10. The van der Waals surface area contributed by atoms with Gasteiger partial charge < -0.3 is 14.3 Å². The number of fused-ring (bicyclic) bond motifs is 1. The minimum atomic E-state index is -0.490. The van der Waals surface area contributed by atoms with Crippen molar-refractivity contribution >= 4 is 22.3 Å². The molecule has 0 amide bonds. The molecule has 1 fully saturated rings. The van der Waals surface area contributed by atoms with E-state index in [1.54, 1.807) is 29.5 Å². The normalized spacial score (nSPS) is 17.2. The van der Waals surface area contributed by atoms with Gasteiger partial charge in [-0.05, 0) is 23.6 Å². The molecule has 0 bridgehead atoms. The summed E-state index contributed by atoms with van der Waals surface area (Å²) in [5.41, 5.74) is 0.213. The molecule has 3 aromatic rings. The van der Waals surface area contributed by atoms with Crippen LogP contribution in [0.15, 0.2) is 51.0 Å². The number of nitrogens with zero attached hydrogens (tertiary/aromatic N) is 1. The first kappa shape index (κ1) is 15.4. The Morgan fingerprint density at radius 2 is 1.92 bits per heavy atom. The van der Waals surface area contributed by atoms with Crippen molar-refractivity contribution < 1.29 is 14.3 Å². The topological polar surface area (TPSA) is 62.9 Å². The second kappa shape index (κ2) is 6.39. The van der Waals surface area contributed by atoms with Crippen molar-refractivity contribution in [3.63, 3.8) is 0 Å². The van der Waals surface area contributed by atoms with Gasteiger partial charge in [-0.25, -0.2) is 4.79 Å². The number of hydrogen-bond donors (Lipinski definition) is 1. The maximum absolute atomic E-state index is 12.7. The molecule has 124 valence electrons. The second-order valence-corrected chi connectivity index (χ2v) is 6.69. The smallest absolute Gasteiger partial charge is 0.345 e. The number of hydrogen-bond acceptors (Lipinski definition) is 6. The fraction of sp³-hybridized carbons (Fsp3) is 0.278. The van der Waals surface area contributed by atoms with Crippen LogP contribution in [0.2, 0.25) is 0 Å². The summed E-state index contributed by atoms with van der Waals surface area (Å²) in [7, 11) is 0. The molecule has 0 saturated carbocycles. The third-order valence-corrected chi connectivity index (χ3v) is 5.24. The third-order valence-electron chi connectivity index (χ3n) is 4.32. The van der Waals surface area contributed by atoms with E-state index in [1.165, 1.54) is 0 Å². The van der Waals surface area contributed by atoms with E-state index in [4.69, 9.17) is 9.15 Å². The van der Waals surface area contributed by atoms with Gasteiger partial charge in [0.15, 0.2) is 0 Å². The summed E-state index contributed by atoms with van der Waals surface area (Å²) in [4.78, 5) is 15.8. The average Bonchev–Trinajstić information content (AvgIpc) is 3.13. The highest BCUT2D eigenvalue weighted by molar-refractivity contribution is 7.10. The molecule has 2 aromatic heterocycles. The van der Waals surface area contributed by atoms with Crippen LogP contribution in [0.5, 0.6) is 5.75 Å². The fourth-order valence-electron chi connectivity index (χ4n) is 3.18. The van der Waals surface area contributed by atoms with Crippen molar-refractivity contribution in [2.45, 2.75) is 6.04 Å². The summed E-state index contributed by atoms with van der Waals surface area (Å²) in [5, 5.41) is 13.3. The van der Waals surface area contributed by atoms with E-state index in [0.29, 0.717) is 42.8 Å². The van der Waals surface area contributed by atoms with Gasteiger partial charge >= 0.3 is 5.63 Å². The molecule has 6 heteroatoms. The number of para-hydroxylation sites is 1. The average molecular weight is 343 g/mol. The summed E-state index contributed by atoms with van der Waals surface area (Å²) < 4.78 is 10.9. The molecule has 5 nitrogen and oxygen atoms in total. The lowest BCUT2D eigenvalue weighted by atomic mass is 10.0. The van der Waals surface area contributed by atoms with Gasteiger partial charge in [0.05, 0.1) is 24.6 Å². The number of aromatic hydroxyl groups is 1. The third kappa shape index (κ3) is 2.62. The predicted octanol–water partition coefficient (Wildman–Crippen LogP) is 2.98. The molecule has 0 aliphatic carbocycles. The number of rotatable bonds is 3. The summed E-state index contributed by atoms with van der Waals surface area (Å²) in [6.45, 7) is 2.63. The molecule has 1 aliphatic rings. The zero-order valence-corrected chi connectivity index (χ0v) is 13.8. The quantitative estimate of drug-likeness (QED) is 0.741. The molecule has 4 rings (SSSR count). The van der Waals surface area contributed by atoms with Crippen LogP contribution >= 0.6 is 11.3 Å². The lowest BCUT2D eigenvalue weighted by Gasteiger charge is -2.33. The molecule has 0 spiro atoms. The van der Waals surface area contributed by atoms with Crippen LogP contribution in [0.1, 0.15) is 16.5 Å². The van der Waals surface area contributed by atoms with E-state index in [2.05, 4.69) is 4.90 Å². The molecule has 24 heavy (non-hydrogen) atoms. The Hall–Kier alpha value is -2.15. The summed E-state index contributed by atoms with van der Waals surface area (Å²) in [6.07, 6.45) is 0. The van der Waals surface area contributed by atoms with E-state index >= 15 is 0 Å². The van der Waals surface area contributed by atoms with Crippen LogP contribution in [-0.2, 0) is 4.74 Å². The minimum Gasteiger partial charge on any atom is -0.507 e. The Labute approximate surface area is 142 Å². The van der Waals surface area contributed by atoms with Gasteiger partial charge in [0.25, 0.3) is 0 Å². The van der Waals surface area contributed by atoms with E-state index in [1.807, 2.05) is 23.6 Å². The summed E-state index contributed by atoms with van der Waals surface area (Å²) >= 11 is 1.57. The van der Waals surface area contributed by atoms with Gasteiger partial charge in [0, 0.05) is 18.0 Å². The maximum Gasteiger partial charge on any atom is 0.345 e. The van der Waals surface area contributed by atoms with Crippen LogP contribution in [0.3, 0.4) is 0 Å². The van der Waals surface area contributed by atoms with Crippen LogP contribution in [-0.4, -0.2) is 36.3 Å². The highest BCUT2D eigenvalue weighted by Gasteiger charge is 2.31. The molecular formula is C18H17NO4S. The van der Waals surface area contributed by atoms with Crippen molar-refractivity contribution in [1.82, 2.24) is 4.90 Å². The molecule has 1 aromatic carbocycles. The summed E-state index contributed by atoms with van der Waals surface area (Å²) in [5.74, 6) is 0.00624. The van der Waals surface area contributed by atoms with Crippen molar-refractivity contribution in [3.05, 3.63) is 62.6 Å². The SMILES string of the molecule is O=c1oc2ccccc2c(O)c1C(c1cccs1)N1CCOCC1. The highest BCUT2D eigenvalue weighted by atomic mass is 32.1. The van der Waals surface area contributed by atoms with Gasteiger partial charge in [-0.15, -0.1) is 11.3 Å². The van der Waals surface area contributed by atoms with Crippen molar-refractivity contribution in [1.29, 1.82) is 0 Å². The molecular weight excluding hydrogens is 326 g/mol.